The first-order valence-corrected chi connectivity index (χ1v) is 0. The molecule has 0 spiro atoms. The molecule has 6 heteroatoms. The minimum atomic E-state index is 0. The molecule has 0 rings (SSSR count). The van der Waals surface area contributed by atoms with Crippen molar-refractivity contribution in [1.29, 1.82) is 0 Å². The fourth-order valence-corrected chi connectivity index (χ4v) is 0. The van der Waals surface area contributed by atoms with E-state index in [0.717, 1.165) is 0 Å². The molecule has 0 N–H and O–H groups in total. The molecule has 0 aromatic rings. The van der Waals surface area contributed by atoms with E-state index in [2.05, 4.69) is 0 Å². The van der Waals surface area contributed by atoms with Gasteiger partial charge in [-0.2, -0.15) is 0 Å². The third kappa shape index (κ3) is 25.1. The number of hydrogen-bond acceptors (Lipinski definition) is 0. The zero-order valence-electron chi connectivity index (χ0n) is 4.11. The Balaban J connectivity index is 0. The van der Waals surface area contributed by atoms with Crippen LogP contribution in [0.5, 0.6) is 0 Å². The second kappa shape index (κ2) is 37.4. The predicted molar refractivity (Wildman–Crippen MR) is 11.1 cm³/mol. The number of hydrogen-bond donors (Lipinski definition) is 0. The molecule has 6 heavy (non-hydrogen) atoms. The van der Waals surface area contributed by atoms with Gasteiger partial charge >= 0.3 is 45.1 Å². The first-order valence-electron chi connectivity index (χ1n) is 0. The largest absolute Gasteiger partial charge is 1.00 e. The molecule has 0 bridgehead atoms. The van der Waals surface area contributed by atoms with Gasteiger partial charge in [0.2, 0.25) is 0 Å². The van der Waals surface area contributed by atoms with Crippen LogP contribution in [-0.2, 0) is 72.7 Å². The Morgan fingerprint density at radius 2 is 1.17 bits per heavy atom. The third-order valence-corrected chi connectivity index (χ3v) is 0. The van der Waals surface area contributed by atoms with Crippen molar-refractivity contribution in [3.63, 3.8) is 0 Å². The average molecular weight is 494 g/mol. The summed E-state index contributed by atoms with van der Waals surface area (Å²) in [5.41, 5.74) is 0. The summed E-state index contributed by atoms with van der Waals surface area (Å²) in [5.74, 6) is 0. The molecule has 0 aromatic heterocycles. The molecule has 0 saturated heterocycles. The quantitative estimate of drug-likeness (QED) is 0.301. The molecule has 0 aliphatic carbocycles. The summed E-state index contributed by atoms with van der Waals surface area (Å²) in [5, 5.41) is 0. The number of rotatable bonds is 0. The molecule has 45 valence electrons. The van der Waals surface area contributed by atoms with E-state index in [9.17, 15) is 0 Å². The van der Waals surface area contributed by atoms with Gasteiger partial charge in [-0.3, -0.25) is 0 Å². The minimum Gasteiger partial charge on any atom is -1.00 e. The maximum Gasteiger partial charge on any atom is 1.00 e. The van der Waals surface area contributed by atoms with Gasteiger partial charge < -0.3 is 1.43 Å². The summed E-state index contributed by atoms with van der Waals surface area (Å²) in [4.78, 5) is 0. The normalized spacial score (nSPS) is 0. The summed E-state index contributed by atoms with van der Waals surface area (Å²) < 4.78 is 0. The van der Waals surface area contributed by atoms with Crippen LogP contribution in [0.3, 0.4) is 0 Å². The van der Waals surface area contributed by atoms with Gasteiger partial charge in [0.15, 0.2) is 0 Å². The van der Waals surface area contributed by atoms with Crippen molar-refractivity contribution in [3.8, 4) is 0 Å². The van der Waals surface area contributed by atoms with Crippen molar-refractivity contribution >= 4 is 26.2 Å². The molecular weight excluding hydrogens is 490 g/mol. The summed E-state index contributed by atoms with van der Waals surface area (Å²) >= 11 is 0. The third-order valence-electron chi connectivity index (χ3n) is 0. The molecule has 3 radical (unpaired) electrons. The average Bonchev–Trinajstić information content (AvgIpc) is 0. The van der Waals surface area contributed by atoms with E-state index in [0.29, 0.717) is 0 Å². The van der Waals surface area contributed by atoms with E-state index in [1.165, 1.54) is 0 Å². The molecule has 0 fully saturated rings. The molecule has 0 saturated carbocycles. The first-order chi connectivity index (χ1) is 0. The van der Waals surface area contributed by atoms with Gasteiger partial charge in [0.1, 0.15) is 0 Å². The zero-order valence-corrected chi connectivity index (χ0v) is 13.8. The van der Waals surface area contributed by atoms with Crippen molar-refractivity contribution in [2.24, 2.45) is 0 Å². The van der Waals surface area contributed by atoms with E-state index in [4.69, 9.17) is 0 Å². The molecule has 0 aromatic carbocycles. The maximum absolute atomic E-state index is 0. The van der Waals surface area contributed by atoms with Crippen molar-refractivity contribution in [1.82, 2.24) is 0 Å². The van der Waals surface area contributed by atoms with Gasteiger partial charge in [0, 0.05) is 72.7 Å². The van der Waals surface area contributed by atoms with Crippen molar-refractivity contribution in [2.75, 3.05) is 0 Å². The van der Waals surface area contributed by atoms with Crippen molar-refractivity contribution in [3.05, 3.63) is 0 Å². The topological polar surface area (TPSA) is 0 Å². The van der Waals surface area contributed by atoms with Crippen molar-refractivity contribution in [2.45, 2.75) is 0 Å². The monoisotopic (exact) mass is 493 g/mol. The fourth-order valence-electron chi connectivity index (χ4n) is 0. The Morgan fingerprint density at radius 3 is 1.17 bits per heavy atom. The van der Waals surface area contributed by atoms with Gasteiger partial charge in [-0.05, 0) is 0 Å². The van der Waals surface area contributed by atoms with Crippen LogP contribution in [0, 0.1) is 0 Å². The Bertz CT molecular complexity index is 19.7. The van der Waals surface area contributed by atoms with Gasteiger partial charge in [-0.25, -0.2) is 0 Å². The van der Waals surface area contributed by atoms with Crippen LogP contribution >= 0.6 is 0 Å². The van der Waals surface area contributed by atoms with Crippen molar-refractivity contribution < 1.29 is 93.0 Å². The van der Waals surface area contributed by atoms with Crippen LogP contribution in [0.25, 0.3) is 0 Å². The van der Waals surface area contributed by atoms with Crippen LogP contribution in [0.4, 0.5) is 0 Å². The second-order valence-electron chi connectivity index (χ2n) is 0. The zero-order chi connectivity index (χ0) is 0. The van der Waals surface area contributed by atoms with Crippen LogP contribution < -0.4 is 18.9 Å². The summed E-state index contributed by atoms with van der Waals surface area (Å²) in [6.07, 6.45) is 0. The standard InChI is InChI=1S/Bi.Co.Cu.Li.Nb.Ni.4H/q;;;+1;;;;;;-1. The van der Waals surface area contributed by atoms with Crippen LogP contribution in [0.1, 0.15) is 1.43 Å². The minimum absolute atomic E-state index is 0. The molecule has 0 aliphatic rings. The van der Waals surface area contributed by atoms with E-state index in [1.807, 2.05) is 0 Å². The summed E-state index contributed by atoms with van der Waals surface area (Å²) in [6.45, 7) is 0. The second-order valence-corrected chi connectivity index (χ2v) is 0. The smallest absolute Gasteiger partial charge is 1.00 e. The maximum atomic E-state index is 0. The molecule has 0 atom stereocenters. The fraction of sp³-hybridized carbons (Fsp3) is 0. The molecule has 0 unspecified atom stereocenters. The van der Waals surface area contributed by atoms with E-state index in [1.54, 1.807) is 0 Å². The predicted octanol–water partition coefficient (Wildman–Crippen LogP) is -4.08. The Morgan fingerprint density at radius 1 is 1.17 bits per heavy atom. The molecular formula is H4BiCoCuLiNbNi. The van der Waals surface area contributed by atoms with Gasteiger partial charge in [-0.15, -0.1) is 0 Å². The van der Waals surface area contributed by atoms with Crippen LogP contribution in [-0.4, -0.2) is 26.2 Å². The Labute approximate surface area is 117 Å². The first kappa shape index (κ1) is 53.2. The van der Waals surface area contributed by atoms with Crippen LogP contribution in [0.2, 0.25) is 0 Å². The van der Waals surface area contributed by atoms with Gasteiger partial charge in [0.25, 0.3) is 0 Å². The Hall–Kier alpha value is 3.74. The van der Waals surface area contributed by atoms with E-state index < -0.39 is 0 Å². The Kier molecular flexibility index (Phi) is 332. The molecule has 0 nitrogen and oxygen atoms in total. The summed E-state index contributed by atoms with van der Waals surface area (Å²) in [6, 6.07) is 0. The van der Waals surface area contributed by atoms with E-state index in [-0.39, 0.29) is 119 Å². The van der Waals surface area contributed by atoms with E-state index >= 15 is 0 Å². The van der Waals surface area contributed by atoms with Gasteiger partial charge in [0.05, 0.1) is 0 Å². The molecule has 0 aliphatic heterocycles. The summed E-state index contributed by atoms with van der Waals surface area (Å²) in [7, 11) is 0. The van der Waals surface area contributed by atoms with Gasteiger partial charge in [-0.1, -0.05) is 0 Å². The SMILES string of the molecule is [BiH3].[Co].[Cu].[H-].[Li+].[Nb].[Ni]. The molecule has 0 amide bonds. The van der Waals surface area contributed by atoms with Crippen LogP contribution in [0.15, 0.2) is 0 Å². The molecule has 0 heterocycles.